The Kier molecular flexibility index (Phi) is 20.8. The highest BCUT2D eigenvalue weighted by atomic mass is 16.2. The van der Waals surface area contributed by atoms with Crippen molar-refractivity contribution in [3.63, 3.8) is 0 Å². The Balaban J connectivity index is 2.18. The lowest BCUT2D eigenvalue weighted by Crippen LogP contribution is -2.60. The van der Waals surface area contributed by atoms with Gasteiger partial charge in [0, 0.05) is 53.5 Å². The molecule has 1 fully saturated rings. The maximum absolute atomic E-state index is 14.8. The van der Waals surface area contributed by atoms with Crippen LogP contribution in [0.4, 0.5) is 0 Å². The molecule has 1 aliphatic rings. The molecule has 364 valence electrons. The maximum Gasteiger partial charge on any atom is 0.245 e. The molecule has 4 N–H and O–H groups in total. The van der Waals surface area contributed by atoms with Crippen LogP contribution in [0, 0.1) is 17.8 Å². The minimum absolute atomic E-state index is 0.0524. The second-order valence-corrected chi connectivity index (χ2v) is 19.3. The van der Waals surface area contributed by atoms with E-state index >= 15 is 0 Å². The Morgan fingerprint density at radius 2 is 0.848 bits per heavy atom. The van der Waals surface area contributed by atoms with Crippen molar-refractivity contribution in [2.45, 2.75) is 149 Å². The summed E-state index contributed by atoms with van der Waals surface area (Å²) < 4.78 is 0. The van der Waals surface area contributed by atoms with Gasteiger partial charge in [-0.15, -0.1) is 0 Å². The molecule has 66 heavy (non-hydrogen) atoms. The number of benzene rings is 2. The number of carbonyl (C=O) groups is 8. The van der Waals surface area contributed by atoms with E-state index < -0.39 is 95.6 Å². The summed E-state index contributed by atoms with van der Waals surface area (Å²) >= 11 is 0. The van der Waals surface area contributed by atoms with Crippen molar-refractivity contribution in [2.24, 2.45) is 17.8 Å². The topological polar surface area (TPSA) is 198 Å². The van der Waals surface area contributed by atoms with Crippen molar-refractivity contribution in [3.8, 4) is 0 Å². The number of carbonyl (C=O) groups excluding carboxylic acids is 8. The maximum atomic E-state index is 14.8. The summed E-state index contributed by atoms with van der Waals surface area (Å²) in [4.78, 5) is 119. The van der Waals surface area contributed by atoms with Crippen LogP contribution in [-0.2, 0) is 51.2 Å². The van der Waals surface area contributed by atoms with Gasteiger partial charge < -0.3 is 40.9 Å². The van der Waals surface area contributed by atoms with Gasteiger partial charge in [0.25, 0.3) is 0 Å². The zero-order valence-corrected chi connectivity index (χ0v) is 41.4. The first-order chi connectivity index (χ1) is 30.9. The number of hydrogen-bond donors (Lipinski definition) is 4. The second kappa shape index (κ2) is 25.2. The molecule has 1 aliphatic heterocycles. The average Bonchev–Trinajstić information content (AvgIpc) is 3.25. The number of likely N-dealkylation sites (N-methyl/N-ethyl adjacent to an activating group) is 4. The van der Waals surface area contributed by atoms with Crippen molar-refractivity contribution in [1.29, 1.82) is 0 Å². The Morgan fingerprint density at radius 3 is 1.27 bits per heavy atom. The van der Waals surface area contributed by atoms with Crippen LogP contribution in [0.25, 0.3) is 0 Å². The van der Waals surface area contributed by atoms with Gasteiger partial charge in [-0.05, 0) is 68.9 Å². The number of nitrogens with one attached hydrogen (secondary N) is 4. The van der Waals surface area contributed by atoms with Crippen molar-refractivity contribution < 1.29 is 38.4 Å². The van der Waals surface area contributed by atoms with Gasteiger partial charge in [0.2, 0.25) is 47.3 Å². The van der Waals surface area contributed by atoms with Gasteiger partial charge in [0.15, 0.2) is 0 Å². The SMILES string of the molecule is CC(C)C[C@@H]1NC(=O)[C@H](C)NC(=O)C[C@H](C)NC(=O)[C@H](Cc2ccccc2)N(C)C(=O)[C@H](CC(C)C)N(C)C(=O)[C@H](C)NC(=O)[C@H](Cc2ccccc2)N(C)C(=O)[C@H](CC(C)C)N(C)C1=O. The second-order valence-electron chi connectivity index (χ2n) is 19.3. The van der Waals surface area contributed by atoms with Crippen molar-refractivity contribution in [3.05, 3.63) is 71.8 Å². The lowest BCUT2D eigenvalue weighted by Gasteiger charge is -2.38. The van der Waals surface area contributed by atoms with Crippen LogP contribution in [0.1, 0.15) is 99.1 Å². The molecule has 3 rings (SSSR count). The molecule has 0 saturated carbocycles. The van der Waals surface area contributed by atoms with Crippen LogP contribution in [0.2, 0.25) is 0 Å². The smallest absolute Gasteiger partial charge is 0.245 e. The number of hydrogen-bond acceptors (Lipinski definition) is 8. The fraction of sp³-hybridized carbons (Fsp3) is 0.600. The summed E-state index contributed by atoms with van der Waals surface area (Å²) in [6.07, 6.45) is 0.711. The first-order valence-corrected chi connectivity index (χ1v) is 23.3. The quantitative estimate of drug-likeness (QED) is 0.279. The van der Waals surface area contributed by atoms with Gasteiger partial charge in [-0.2, -0.15) is 0 Å². The number of nitrogens with zero attached hydrogens (tertiary/aromatic N) is 4. The predicted molar refractivity (Wildman–Crippen MR) is 254 cm³/mol. The highest BCUT2D eigenvalue weighted by molar-refractivity contribution is 5.97. The Bertz CT molecular complexity index is 1980. The van der Waals surface area contributed by atoms with Gasteiger partial charge in [-0.1, -0.05) is 102 Å². The fourth-order valence-electron chi connectivity index (χ4n) is 8.26. The molecular weight excluding hydrogens is 841 g/mol. The van der Waals surface area contributed by atoms with E-state index in [1.807, 2.05) is 102 Å². The lowest BCUT2D eigenvalue weighted by molar-refractivity contribution is -0.151. The molecule has 8 amide bonds. The first kappa shape index (κ1) is 54.5. The molecule has 0 spiro atoms. The molecule has 0 radical (unpaired) electrons. The summed E-state index contributed by atoms with van der Waals surface area (Å²) in [6.45, 7) is 16.1. The molecule has 16 heteroatoms. The summed E-state index contributed by atoms with van der Waals surface area (Å²) in [6, 6.07) is 10.0. The largest absolute Gasteiger partial charge is 0.351 e. The molecular formula is C50H76N8O8. The molecule has 0 aromatic heterocycles. The number of amides is 8. The summed E-state index contributed by atoms with van der Waals surface area (Å²) in [5.74, 6) is -4.57. The Hall–Kier alpha value is -5.80. The van der Waals surface area contributed by atoms with E-state index in [4.69, 9.17) is 0 Å². The zero-order chi connectivity index (χ0) is 49.6. The first-order valence-electron chi connectivity index (χ1n) is 23.3. The van der Waals surface area contributed by atoms with Crippen molar-refractivity contribution in [2.75, 3.05) is 28.2 Å². The van der Waals surface area contributed by atoms with Gasteiger partial charge in [-0.25, -0.2) is 0 Å². The monoisotopic (exact) mass is 917 g/mol. The van der Waals surface area contributed by atoms with Crippen LogP contribution in [-0.4, -0.2) is 143 Å². The normalized spacial score (nSPS) is 25.7. The van der Waals surface area contributed by atoms with E-state index in [1.165, 1.54) is 61.6 Å². The van der Waals surface area contributed by atoms with E-state index in [9.17, 15) is 38.4 Å². The highest BCUT2D eigenvalue weighted by Crippen LogP contribution is 2.21. The van der Waals surface area contributed by atoms with E-state index in [0.29, 0.717) is 0 Å². The van der Waals surface area contributed by atoms with E-state index in [-0.39, 0.29) is 56.3 Å². The van der Waals surface area contributed by atoms with Crippen LogP contribution >= 0.6 is 0 Å². The van der Waals surface area contributed by atoms with Crippen LogP contribution in [0.3, 0.4) is 0 Å². The van der Waals surface area contributed by atoms with Crippen molar-refractivity contribution >= 4 is 47.3 Å². The average molecular weight is 917 g/mol. The molecule has 2 aromatic rings. The van der Waals surface area contributed by atoms with E-state index in [1.54, 1.807) is 6.92 Å². The molecule has 2 aromatic carbocycles. The fourth-order valence-corrected chi connectivity index (χ4v) is 8.26. The molecule has 16 nitrogen and oxygen atoms in total. The van der Waals surface area contributed by atoms with Gasteiger partial charge in [-0.3, -0.25) is 38.4 Å². The zero-order valence-electron chi connectivity index (χ0n) is 41.4. The molecule has 1 heterocycles. The Morgan fingerprint density at radius 1 is 0.455 bits per heavy atom. The third-order valence-electron chi connectivity index (χ3n) is 12.1. The molecule has 8 atom stereocenters. The lowest BCUT2D eigenvalue weighted by atomic mass is 9.97. The Labute approximate surface area is 392 Å². The van der Waals surface area contributed by atoms with Gasteiger partial charge >= 0.3 is 0 Å². The molecule has 0 unspecified atom stereocenters. The van der Waals surface area contributed by atoms with Crippen molar-refractivity contribution in [1.82, 2.24) is 40.9 Å². The van der Waals surface area contributed by atoms with Crippen LogP contribution < -0.4 is 21.3 Å². The van der Waals surface area contributed by atoms with Crippen LogP contribution in [0.15, 0.2) is 60.7 Å². The van der Waals surface area contributed by atoms with Crippen LogP contribution in [0.5, 0.6) is 0 Å². The molecule has 1 saturated heterocycles. The standard InChI is InChI=1S/C50H76N8O8/c1-30(2)24-38-48(64)58(13)42(26-32(5)6)50(66)56(11)40(29-37-22-18-15-19-23-37)46(62)53-35(9)47(63)57(12)41(25-31(3)4)49(65)55(10)39(28-36-20-16-14-17-21-36)45(61)51-33(7)27-43(59)52-34(8)44(60)54-38/h14-23,30-35,38-42H,24-29H2,1-13H3,(H,51,61)(H,52,59)(H,53,62)(H,54,60)/t33-,34-,35-,38-,39-,40-,41-,42-/m0/s1. The molecule has 0 bridgehead atoms. The molecule has 0 aliphatic carbocycles. The summed E-state index contributed by atoms with van der Waals surface area (Å²) in [7, 11) is 6.02. The van der Waals surface area contributed by atoms with Gasteiger partial charge in [0.1, 0.15) is 42.3 Å². The third-order valence-corrected chi connectivity index (χ3v) is 12.1. The summed E-state index contributed by atoms with van der Waals surface area (Å²) in [5, 5.41) is 11.2. The summed E-state index contributed by atoms with van der Waals surface area (Å²) in [5.41, 5.74) is 1.52. The minimum atomic E-state index is -1.15. The van der Waals surface area contributed by atoms with Gasteiger partial charge in [0.05, 0.1) is 0 Å². The highest BCUT2D eigenvalue weighted by Gasteiger charge is 2.41. The van der Waals surface area contributed by atoms with E-state index in [0.717, 1.165) is 11.1 Å². The number of rotatable bonds is 10. The predicted octanol–water partition coefficient (Wildman–Crippen LogP) is 3.32. The minimum Gasteiger partial charge on any atom is -0.351 e. The third kappa shape index (κ3) is 15.7. The van der Waals surface area contributed by atoms with E-state index in [2.05, 4.69) is 21.3 Å².